The molecule has 0 bridgehead atoms. The van der Waals surface area contributed by atoms with Gasteiger partial charge in [-0.15, -0.1) is 0 Å². The van der Waals surface area contributed by atoms with Crippen LogP contribution in [0.15, 0.2) is 0 Å². The third-order valence-electron chi connectivity index (χ3n) is 3.14. The standard InChI is InChI=1S/C9H15NO4/c1-12-9(13-2)5-14-7-6(4-11)3-10-8(7)9/h4,6-8,10H,3,5H2,1-2H3/t6-,7+,8-/m0/s1. The Morgan fingerprint density at radius 3 is 2.79 bits per heavy atom. The first-order chi connectivity index (χ1) is 6.77. The van der Waals surface area contributed by atoms with E-state index in [9.17, 15) is 4.79 Å². The summed E-state index contributed by atoms with van der Waals surface area (Å²) in [6.45, 7) is 1.000. The lowest BCUT2D eigenvalue weighted by atomic mass is 10.0. The lowest BCUT2D eigenvalue weighted by Gasteiger charge is -2.29. The van der Waals surface area contributed by atoms with Gasteiger partial charge in [0.1, 0.15) is 12.9 Å². The Kier molecular flexibility index (Phi) is 2.57. The van der Waals surface area contributed by atoms with Gasteiger partial charge in [0.05, 0.1) is 18.1 Å². The first-order valence-corrected chi connectivity index (χ1v) is 4.68. The first kappa shape index (κ1) is 10.0. The van der Waals surface area contributed by atoms with Gasteiger partial charge >= 0.3 is 0 Å². The largest absolute Gasteiger partial charge is 0.370 e. The molecule has 5 heteroatoms. The second-order valence-electron chi connectivity index (χ2n) is 3.68. The monoisotopic (exact) mass is 201 g/mol. The zero-order valence-electron chi connectivity index (χ0n) is 8.36. The average Bonchev–Trinajstić information content (AvgIpc) is 2.77. The van der Waals surface area contributed by atoms with Crippen LogP contribution in [-0.4, -0.2) is 51.6 Å². The van der Waals surface area contributed by atoms with Crippen LogP contribution >= 0.6 is 0 Å². The molecule has 1 N–H and O–H groups in total. The van der Waals surface area contributed by atoms with Crippen molar-refractivity contribution in [2.75, 3.05) is 27.4 Å². The van der Waals surface area contributed by atoms with E-state index in [0.717, 1.165) is 6.29 Å². The Morgan fingerprint density at radius 2 is 2.21 bits per heavy atom. The molecule has 0 saturated carbocycles. The molecule has 2 fully saturated rings. The minimum absolute atomic E-state index is 0.0484. The molecule has 0 spiro atoms. The third kappa shape index (κ3) is 1.20. The van der Waals surface area contributed by atoms with Crippen LogP contribution in [-0.2, 0) is 19.0 Å². The van der Waals surface area contributed by atoms with Gasteiger partial charge in [0, 0.05) is 20.8 Å². The highest BCUT2D eigenvalue weighted by atomic mass is 16.7. The molecule has 0 aromatic carbocycles. The van der Waals surface area contributed by atoms with Gasteiger partial charge in [-0.2, -0.15) is 0 Å². The first-order valence-electron chi connectivity index (χ1n) is 4.68. The second kappa shape index (κ2) is 3.58. The van der Waals surface area contributed by atoms with Gasteiger partial charge < -0.3 is 24.3 Å². The van der Waals surface area contributed by atoms with E-state index in [0.29, 0.717) is 13.2 Å². The van der Waals surface area contributed by atoms with Crippen LogP contribution < -0.4 is 5.32 Å². The van der Waals surface area contributed by atoms with E-state index in [4.69, 9.17) is 14.2 Å². The summed E-state index contributed by atoms with van der Waals surface area (Å²) >= 11 is 0. The molecule has 0 unspecified atom stereocenters. The molecule has 0 aromatic rings. The highest BCUT2D eigenvalue weighted by molar-refractivity contribution is 5.56. The van der Waals surface area contributed by atoms with E-state index in [-0.39, 0.29) is 18.1 Å². The van der Waals surface area contributed by atoms with Gasteiger partial charge in [-0.25, -0.2) is 0 Å². The molecule has 0 radical (unpaired) electrons. The highest BCUT2D eigenvalue weighted by Gasteiger charge is 2.56. The Labute approximate surface area is 82.7 Å². The van der Waals surface area contributed by atoms with Crippen molar-refractivity contribution in [3.63, 3.8) is 0 Å². The van der Waals surface area contributed by atoms with Crippen molar-refractivity contribution in [2.45, 2.75) is 17.9 Å². The second-order valence-corrected chi connectivity index (χ2v) is 3.68. The van der Waals surface area contributed by atoms with E-state index in [2.05, 4.69) is 5.32 Å². The van der Waals surface area contributed by atoms with Gasteiger partial charge in [-0.05, 0) is 0 Å². The molecule has 80 valence electrons. The van der Waals surface area contributed by atoms with E-state index >= 15 is 0 Å². The minimum atomic E-state index is -0.734. The molecule has 2 aliphatic heterocycles. The van der Waals surface area contributed by atoms with E-state index in [1.54, 1.807) is 14.2 Å². The highest BCUT2D eigenvalue weighted by Crippen LogP contribution is 2.35. The number of hydrogen-bond acceptors (Lipinski definition) is 5. The number of carbonyl (C=O) groups excluding carboxylic acids is 1. The number of hydrogen-bond donors (Lipinski definition) is 1. The number of nitrogens with one attached hydrogen (secondary N) is 1. The van der Waals surface area contributed by atoms with Gasteiger partial charge in [-0.1, -0.05) is 0 Å². The molecule has 2 heterocycles. The van der Waals surface area contributed by atoms with Crippen molar-refractivity contribution in [3.05, 3.63) is 0 Å². The summed E-state index contributed by atoms with van der Waals surface area (Å²) in [5, 5.41) is 3.21. The summed E-state index contributed by atoms with van der Waals surface area (Å²) in [5.74, 6) is -0.824. The van der Waals surface area contributed by atoms with Crippen LogP contribution in [0, 0.1) is 5.92 Å². The third-order valence-corrected chi connectivity index (χ3v) is 3.14. The summed E-state index contributed by atoms with van der Waals surface area (Å²) in [7, 11) is 3.18. The predicted molar refractivity (Wildman–Crippen MR) is 47.8 cm³/mol. The average molecular weight is 201 g/mol. The van der Waals surface area contributed by atoms with E-state index in [1.807, 2.05) is 0 Å². The molecule has 14 heavy (non-hydrogen) atoms. The van der Waals surface area contributed by atoms with Crippen LogP contribution in [0.3, 0.4) is 0 Å². The molecule has 0 aromatic heterocycles. The fourth-order valence-corrected chi connectivity index (χ4v) is 2.25. The summed E-state index contributed by atoms with van der Waals surface area (Å²) in [5.41, 5.74) is 0. The zero-order valence-corrected chi connectivity index (χ0v) is 8.36. The maximum Gasteiger partial charge on any atom is 0.209 e. The smallest absolute Gasteiger partial charge is 0.209 e. The van der Waals surface area contributed by atoms with Crippen LogP contribution in [0.1, 0.15) is 0 Å². The van der Waals surface area contributed by atoms with Crippen molar-refractivity contribution >= 4 is 6.29 Å². The fraction of sp³-hybridized carbons (Fsp3) is 0.889. The summed E-state index contributed by atoms with van der Waals surface area (Å²) in [4.78, 5) is 10.7. The molecule has 2 saturated heterocycles. The van der Waals surface area contributed by atoms with Crippen LogP contribution in [0.4, 0.5) is 0 Å². The Hall–Kier alpha value is -0.490. The van der Waals surface area contributed by atoms with Crippen molar-refractivity contribution < 1.29 is 19.0 Å². The van der Waals surface area contributed by atoms with Crippen LogP contribution in [0.25, 0.3) is 0 Å². The van der Waals surface area contributed by atoms with Gasteiger partial charge in [0.25, 0.3) is 0 Å². The fourth-order valence-electron chi connectivity index (χ4n) is 2.25. The molecule has 2 rings (SSSR count). The van der Waals surface area contributed by atoms with Crippen LogP contribution in [0.5, 0.6) is 0 Å². The van der Waals surface area contributed by atoms with Crippen molar-refractivity contribution in [2.24, 2.45) is 5.92 Å². The Bertz CT molecular complexity index is 229. The van der Waals surface area contributed by atoms with Gasteiger partial charge in [-0.3, -0.25) is 0 Å². The normalized spacial score (nSPS) is 39.7. The number of fused-ring (bicyclic) bond motifs is 1. The van der Waals surface area contributed by atoms with Crippen molar-refractivity contribution in [1.82, 2.24) is 5.32 Å². The number of rotatable bonds is 3. The minimum Gasteiger partial charge on any atom is -0.370 e. The van der Waals surface area contributed by atoms with Crippen molar-refractivity contribution in [3.8, 4) is 0 Å². The Balaban J connectivity index is 2.17. The maximum absolute atomic E-state index is 10.7. The van der Waals surface area contributed by atoms with Crippen LogP contribution in [0.2, 0.25) is 0 Å². The molecule has 0 amide bonds. The number of ether oxygens (including phenoxy) is 3. The molecular formula is C9H15NO4. The van der Waals surface area contributed by atoms with Gasteiger partial charge in [0.2, 0.25) is 5.79 Å². The zero-order chi connectivity index (χ0) is 10.2. The van der Waals surface area contributed by atoms with E-state index < -0.39 is 5.79 Å². The molecule has 2 aliphatic rings. The SMILES string of the molecule is COC1(OC)CO[C@@H]2[C@H](C=O)CN[C@@H]21. The number of aldehydes is 1. The van der Waals surface area contributed by atoms with Crippen molar-refractivity contribution in [1.29, 1.82) is 0 Å². The number of methoxy groups -OCH3 is 2. The topological polar surface area (TPSA) is 56.8 Å². The lowest BCUT2D eigenvalue weighted by Crippen LogP contribution is -2.51. The summed E-state index contributed by atoms with van der Waals surface area (Å²) in [6, 6.07) is -0.0484. The quantitative estimate of drug-likeness (QED) is 0.476. The summed E-state index contributed by atoms with van der Waals surface area (Å²) < 4.78 is 16.2. The van der Waals surface area contributed by atoms with Gasteiger partial charge in [0.15, 0.2) is 0 Å². The number of carbonyl (C=O) groups is 1. The molecule has 5 nitrogen and oxygen atoms in total. The summed E-state index contributed by atoms with van der Waals surface area (Å²) in [6.07, 6.45) is 0.811. The maximum atomic E-state index is 10.7. The Morgan fingerprint density at radius 1 is 1.50 bits per heavy atom. The molecule has 0 aliphatic carbocycles. The predicted octanol–water partition coefficient (Wildman–Crippen LogP) is -0.839. The van der Waals surface area contributed by atoms with E-state index in [1.165, 1.54) is 0 Å². The lowest BCUT2D eigenvalue weighted by molar-refractivity contribution is -0.213. The molecule has 3 atom stereocenters. The molecular weight excluding hydrogens is 186 g/mol.